The van der Waals surface area contributed by atoms with E-state index in [-0.39, 0.29) is 12.5 Å². The van der Waals surface area contributed by atoms with Crippen LogP contribution in [0.2, 0.25) is 0 Å². The van der Waals surface area contributed by atoms with Crippen molar-refractivity contribution in [3.8, 4) is 5.75 Å². The second-order valence-electron chi connectivity index (χ2n) is 4.67. The van der Waals surface area contributed by atoms with Gasteiger partial charge in [-0.2, -0.15) is 0 Å². The third-order valence-corrected chi connectivity index (χ3v) is 2.86. The lowest BCUT2D eigenvalue weighted by Crippen LogP contribution is -2.28. The predicted octanol–water partition coefficient (Wildman–Crippen LogP) is 1.74. The zero-order chi connectivity index (χ0) is 14.1. The first-order chi connectivity index (χ1) is 9.15. The maximum absolute atomic E-state index is 11.1. The molecule has 0 radical (unpaired) electrons. The summed E-state index contributed by atoms with van der Waals surface area (Å²) in [4.78, 5) is 11.1. The largest absolute Gasteiger partial charge is 0.484 e. The highest BCUT2D eigenvalue weighted by atomic mass is 16.5. The quantitative estimate of drug-likeness (QED) is 0.752. The van der Waals surface area contributed by atoms with Gasteiger partial charge in [0.2, 0.25) is 0 Å². The molecule has 1 rings (SSSR count). The Morgan fingerprint density at radius 3 is 2.58 bits per heavy atom. The van der Waals surface area contributed by atoms with E-state index in [9.17, 15) is 4.79 Å². The number of hydrogen-bond donors (Lipinski definition) is 2. The zero-order valence-electron chi connectivity index (χ0n) is 12.0. The highest BCUT2D eigenvalue weighted by Gasteiger charge is 2.03. The lowest BCUT2D eigenvalue weighted by Gasteiger charge is -2.13. The van der Waals surface area contributed by atoms with Crippen molar-refractivity contribution in [3.63, 3.8) is 0 Å². The first-order valence-electron chi connectivity index (χ1n) is 6.81. The lowest BCUT2D eigenvalue weighted by molar-refractivity contribution is -0.122. The minimum absolute atomic E-state index is 0.0598. The molecule has 19 heavy (non-hydrogen) atoms. The van der Waals surface area contributed by atoms with Crippen LogP contribution in [0.4, 0.5) is 0 Å². The Kier molecular flexibility index (Phi) is 6.97. The van der Waals surface area contributed by atoms with Crippen LogP contribution in [0.5, 0.6) is 5.75 Å². The number of ether oxygens (including phenoxy) is 1. The highest BCUT2D eigenvalue weighted by Crippen LogP contribution is 2.13. The Balaban J connectivity index is 2.40. The van der Waals surface area contributed by atoms with Gasteiger partial charge >= 0.3 is 0 Å². The number of carbonyl (C=O) groups is 1. The standard InChI is InChI=1S/C15H24N2O2/c1-4-9-17-12(2)10-13-5-7-14(8-6-13)19-11-15(18)16-3/h5-8,12,17H,4,9-11H2,1-3H3,(H,16,18). The smallest absolute Gasteiger partial charge is 0.257 e. The van der Waals surface area contributed by atoms with Gasteiger partial charge in [0.15, 0.2) is 6.61 Å². The number of carbonyl (C=O) groups excluding carboxylic acids is 1. The third kappa shape index (κ3) is 6.25. The maximum atomic E-state index is 11.1. The highest BCUT2D eigenvalue weighted by molar-refractivity contribution is 5.77. The second-order valence-corrected chi connectivity index (χ2v) is 4.67. The summed E-state index contributed by atoms with van der Waals surface area (Å²) in [6.45, 7) is 5.46. The molecule has 0 aliphatic heterocycles. The summed E-state index contributed by atoms with van der Waals surface area (Å²) in [5.41, 5.74) is 1.27. The molecule has 2 N–H and O–H groups in total. The third-order valence-electron chi connectivity index (χ3n) is 2.86. The van der Waals surface area contributed by atoms with Gasteiger partial charge in [-0.15, -0.1) is 0 Å². The second kappa shape index (κ2) is 8.53. The van der Waals surface area contributed by atoms with E-state index in [4.69, 9.17) is 4.74 Å². The van der Waals surface area contributed by atoms with Crippen LogP contribution in [0.25, 0.3) is 0 Å². The predicted molar refractivity (Wildman–Crippen MR) is 77.5 cm³/mol. The Morgan fingerprint density at radius 2 is 2.00 bits per heavy atom. The number of hydrogen-bond acceptors (Lipinski definition) is 3. The molecular formula is C15H24N2O2. The van der Waals surface area contributed by atoms with Crippen LogP contribution in [-0.4, -0.2) is 32.1 Å². The fourth-order valence-electron chi connectivity index (χ4n) is 1.76. The van der Waals surface area contributed by atoms with Crippen molar-refractivity contribution in [2.24, 2.45) is 0 Å². The first-order valence-corrected chi connectivity index (χ1v) is 6.81. The Hall–Kier alpha value is -1.55. The van der Waals surface area contributed by atoms with Gasteiger partial charge in [0.1, 0.15) is 5.75 Å². The molecule has 106 valence electrons. The minimum atomic E-state index is -0.124. The van der Waals surface area contributed by atoms with E-state index in [2.05, 4.69) is 24.5 Å². The molecular weight excluding hydrogens is 240 g/mol. The molecule has 1 amide bonds. The molecule has 0 aromatic heterocycles. The van der Waals surface area contributed by atoms with Gasteiger partial charge in [-0.3, -0.25) is 4.79 Å². The van der Waals surface area contributed by atoms with Crippen LogP contribution in [0.1, 0.15) is 25.8 Å². The van der Waals surface area contributed by atoms with Crippen molar-refractivity contribution in [1.29, 1.82) is 0 Å². The van der Waals surface area contributed by atoms with Gasteiger partial charge in [0.05, 0.1) is 0 Å². The van der Waals surface area contributed by atoms with E-state index in [1.807, 2.05) is 24.3 Å². The summed E-state index contributed by atoms with van der Waals surface area (Å²) >= 11 is 0. The molecule has 1 aromatic carbocycles. The molecule has 4 heteroatoms. The molecule has 1 atom stereocenters. The molecule has 1 unspecified atom stereocenters. The molecule has 4 nitrogen and oxygen atoms in total. The number of benzene rings is 1. The number of likely N-dealkylation sites (N-methyl/N-ethyl adjacent to an activating group) is 1. The summed E-state index contributed by atoms with van der Waals surface area (Å²) < 4.78 is 5.36. The van der Waals surface area contributed by atoms with Gasteiger partial charge in [-0.1, -0.05) is 19.1 Å². The normalized spacial score (nSPS) is 11.9. The lowest BCUT2D eigenvalue weighted by atomic mass is 10.1. The summed E-state index contributed by atoms with van der Waals surface area (Å²) in [6.07, 6.45) is 2.15. The van der Waals surface area contributed by atoms with Gasteiger partial charge in [0.25, 0.3) is 5.91 Å². The number of nitrogens with one attached hydrogen (secondary N) is 2. The Morgan fingerprint density at radius 1 is 1.32 bits per heavy atom. The summed E-state index contributed by atoms with van der Waals surface area (Å²) in [6, 6.07) is 8.37. The van der Waals surface area contributed by atoms with Gasteiger partial charge in [-0.05, 0) is 44.0 Å². The van der Waals surface area contributed by atoms with Gasteiger partial charge in [0, 0.05) is 13.1 Å². The monoisotopic (exact) mass is 264 g/mol. The van der Waals surface area contributed by atoms with Crippen LogP contribution in [0.3, 0.4) is 0 Å². The average molecular weight is 264 g/mol. The average Bonchev–Trinajstić information content (AvgIpc) is 2.44. The van der Waals surface area contributed by atoms with Crippen LogP contribution >= 0.6 is 0 Å². The molecule has 0 bridgehead atoms. The van der Waals surface area contributed by atoms with Crippen molar-refractivity contribution in [3.05, 3.63) is 29.8 Å². The van der Waals surface area contributed by atoms with E-state index in [1.54, 1.807) is 7.05 Å². The summed E-state index contributed by atoms with van der Waals surface area (Å²) in [7, 11) is 1.60. The maximum Gasteiger partial charge on any atom is 0.257 e. The SMILES string of the molecule is CCCNC(C)Cc1ccc(OCC(=O)NC)cc1. The first kappa shape index (κ1) is 15.5. The molecule has 0 saturated carbocycles. The van der Waals surface area contributed by atoms with Crippen molar-refractivity contribution >= 4 is 5.91 Å². The van der Waals surface area contributed by atoms with E-state index in [1.165, 1.54) is 5.56 Å². The van der Waals surface area contributed by atoms with E-state index in [0.717, 1.165) is 25.1 Å². The Labute approximate surface area is 115 Å². The van der Waals surface area contributed by atoms with Crippen LogP contribution in [-0.2, 0) is 11.2 Å². The van der Waals surface area contributed by atoms with E-state index < -0.39 is 0 Å². The van der Waals surface area contributed by atoms with Crippen molar-refractivity contribution in [1.82, 2.24) is 10.6 Å². The van der Waals surface area contributed by atoms with Crippen molar-refractivity contribution < 1.29 is 9.53 Å². The minimum Gasteiger partial charge on any atom is -0.484 e. The molecule has 0 aliphatic rings. The molecule has 0 heterocycles. The fraction of sp³-hybridized carbons (Fsp3) is 0.533. The van der Waals surface area contributed by atoms with E-state index in [0.29, 0.717) is 6.04 Å². The zero-order valence-corrected chi connectivity index (χ0v) is 12.0. The summed E-state index contributed by atoms with van der Waals surface area (Å²) in [5, 5.41) is 5.98. The molecule has 0 saturated heterocycles. The van der Waals surface area contributed by atoms with E-state index >= 15 is 0 Å². The molecule has 1 aromatic rings. The molecule has 0 aliphatic carbocycles. The molecule has 0 spiro atoms. The van der Waals surface area contributed by atoms with Crippen molar-refractivity contribution in [2.45, 2.75) is 32.7 Å². The van der Waals surface area contributed by atoms with Crippen LogP contribution in [0, 0.1) is 0 Å². The fourth-order valence-corrected chi connectivity index (χ4v) is 1.76. The summed E-state index contributed by atoms with van der Waals surface area (Å²) in [5.74, 6) is 0.600. The van der Waals surface area contributed by atoms with Crippen molar-refractivity contribution in [2.75, 3.05) is 20.2 Å². The topological polar surface area (TPSA) is 50.4 Å². The van der Waals surface area contributed by atoms with Gasteiger partial charge in [-0.25, -0.2) is 0 Å². The Bertz CT molecular complexity index is 376. The number of rotatable bonds is 8. The van der Waals surface area contributed by atoms with Crippen LogP contribution in [0.15, 0.2) is 24.3 Å². The van der Waals surface area contributed by atoms with Gasteiger partial charge < -0.3 is 15.4 Å². The number of amides is 1. The van der Waals surface area contributed by atoms with Crippen LogP contribution < -0.4 is 15.4 Å². The molecule has 0 fully saturated rings.